The highest BCUT2D eigenvalue weighted by Gasteiger charge is 2.18. The van der Waals surface area contributed by atoms with E-state index in [0.29, 0.717) is 6.61 Å². The van der Waals surface area contributed by atoms with Crippen molar-refractivity contribution in [2.24, 2.45) is 5.73 Å². The number of fused-ring (bicyclic) bond motifs is 1. The Morgan fingerprint density at radius 2 is 2.29 bits per heavy atom. The van der Waals surface area contributed by atoms with Crippen LogP contribution in [0.4, 0.5) is 0 Å². The van der Waals surface area contributed by atoms with Crippen molar-refractivity contribution >= 4 is 12.4 Å². The van der Waals surface area contributed by atoms with Crippen LogP contribution in [0, 0.1) is 0 Å². The number of hydrogen-bond acceptors (Lipinski definition) is 3. The van der Waals surface area contributed by atoms with E-state index in [2.05, 4.69) is 0 Å². The molecule has 1 aromatic rings. The SMILES string of the molecule is COc1ccc2c(c1)[C@@H](N)CCO2.Cl. The van der Waals surface area contributed by atoms with E-state index in [1.54, 1.807) is 7.11 Å². The summed E-state index contributed by atoms with van der Waals surface area (Å²) >= 11 is 0. The highest BCUT2D eigenvalue weighted by Crippen LogP contribution is 2.33. The van der Waals surface area contributed by atoms with Crippen LogP contribution < -0.4 is 15.2 Å². The van der Waals surface area contributed by atoms with E-state index in [0.717, 1.165) is 23.5 Å². The molecule has 1 aliphatic heterocycles. The normalized spacial score (nSPS) is 18.9. The zero-order chi connectivity index (χ0) is 9.26. The van der Waals surface area contributed by atoms with Gasteiger partial charge in [0.2, 0.25) is 0 Å². The lowest BCUT2D eigenvalue weighted by molar-refractivity contribution is 0.268. The predicted molar refractivity (Wildman–Crippen MR) is 57.3 cm³/mol. The number of benzene rings is 1. The van der Waals surface area contributed by atoms with E-state index < -0.39 is 0 Å². The molecular weight excluding hydrogens is 202 g/mol. The monoisotopic (exact) mass is 215 g/mol. The topological polar surface area (TPSA) is 44.5 Å². The lowest BCUT2D eigenvalue weighted by Crippen LogP contribution is -2.20. The lowest BCUT2D eigenvalue weighted by Gasteiger charge is -2.23. The standard InChI is InChI=1S/C10H13NO2.ClH/c1-12-7-2-3-10-8(6-7)9(11)4-5-13-10;/h2-3,6,9H,4-5,11H2,1H3;1H/t9-;/m0./s1. The van der Waals surface area contributed by atoms with E-state index in [1.165, 1.54) is 0 Å². The zero-order valence-corrected chi connectivity index (χ0v) is 8.84. The Kier molecular flexibility index (Phi) is 3.61. The van der Waals surface area contributed by atoms with Gasteiger partial charge >= 0.3 is 0 Å². The summed E-state index contributed by atoms with van der Waals surface area (Å²) in [4.78, 5) is 0. The molecule has 2 rings (SSSR count). The minimum Gasteiger partial charge on any atom is -0.497 e. The molecule has 0 aliphatic carbocycles. The summed E-state index contributed by atoms with van der Waals surface area (Å²) in [5.74, 6) is 1.72. The average Bonchev–Trinajstić information content (AvgIpc) is 2.18. The van der Waals surface area contributed by atoms with E-state index >= 15 is 0 Å². The van der Waals surface area contributed by atoms with Gasteiger partial charge in [0.15, 0.2) is 0 Å². The molecule has 2 N–H and O–H groups in total. The van der Waals surface area contributed by atoms with Crippen LogP contribution in [0.5, 0.6) is 11.5 Å². The van der Waals surface area contributed by atoms with Crippen molar-refractivity contribution in [3.63, 3.8) is 0 Å². The van der Waals surface area contributed by atoms with Crippen molar-refractivity contribution in [3.05, 3.63) is 23.8 Å². The van der Waals surface area contributed by atoms with Gasteiger partial charge in [-0.15, -0.1) is 12.4 Å². The molecule has 0 unspecified atom stereocenters. The first kappa shape index (κ1) is 11.1. The molecule has 1 aromatic carbocycles. The summed E-state index contributed by atoms with van der Waals surface area (Å²) in [5, 5.41) is 0. The Balaban J connectivity index is 0.000000980. The fraction of sp³-hybridized carbons (Fsp3) is 0.400. The summed E-state index contributed by atoms with van der Waals surface area (Å²) in [6.45, 7) is 0.709. The highest BCUT2D eigenvalue weighted by atomic mass is 35.5. The van der Waals surface area contributed by atoms with E-state index in [1.807, 2.05) is 18.2 Å². The Labute approximate surface area is 89.6 Å². The molecule has 0 spiro atoms. The van der Waals surface area contributed by atoms with Gasteiger partial charge in [0.1, 0.15) is 11.5 Å². The van der Waals surface area contributed by atoms with Crippen molar-refractivity contribution in [1.29, 1.82) is 0 Å². The van der Waals surface area contributed by atoms with Crippen LogP contribution in [0.25, 0.3) is 0 Å². The Bertz CT molecular complexity index is 317. The average molecular weight is 216 g/mol. The maximum Gasteiger partial charge on any atom is 0.124 e. The van der Waals surface area contributed by atoms with Crippen molar-refractivity contribution < 1.29 is 9.47 Å². The van der Waals surface area contributed by atoms with Gasteiger partial charge < -0.3 is 15.2 Å². The number of methoxy groups -OCH3 is 1. The number of ether oxygens (including phenoxy) is 2. The molecule has 14 heavy (non-hydrogen) atoms. The Morgan fingerprint density at radius 1 is 1.50 bits per heavy atom. The third-order valence-electron chi connectivity index (χ3n) is 2.30. The Hall–Kier alpha value is -0.930. The molecule has 0 bridgehead atoms. The van der Waals surface area contributed by atoms with Gasteiger partial charge in [-0.2, -0.15) is 0 Å². The van der Waals surface area contributed by atoms with Crippen LogP contribution in [0.3, 0.4) is 0 Å². The third kappa shape index (κ3) is 1.94. The van der Waals surface area contributed by atoms with Gasteiger partial charge in [-0.25, -0.2) is 0 Å². The van der Waals surface area contributed by atoms with Gasteiger partial charge in [0.05, 0.1) is 13.7 Å². The molecule has 0 fully saturated rings. The minimum absolute atomic E-state index is 0. The Morgan fingerprint density at radius 3 is 3.00 bits per heavy atom. The summed E-state index contributed by atoms with van der Waals surface area (Å²) in [5.41, 5.74) is 6.98. The van der Waals surface area contributed by atoms with E-state index in [4.69, 9.17) is 15.2 Å². The molecule has 0 aromatic heterocycles. The van der Waals surface area contributed by atoms with Gasteiger partial charge in [-0.1, -0.05) is 0 Å². The fourth-order valence-electron chi connectivity index (χ4n) is 1.53. The van der Waals surface area contributed by atoms with Gasteiger partial charge in [-0.05, 0) is 18.2 Å². The van der Waals surface area contributed by atoms with Gasteiger partial charge in [0, 0.05) is 18.0 Å². The van der Waals surface area contributed by atoms with E-state index in [-0.39, 0.29) is 18.4 Å². The van der Waals surface area contributed by atoms with E-state index in [9.17, 15) is 0 Å². The summed E-state index contributed by atoms with van der Waals surface area (Å²) in [7, 11) is 1.65. The van der Waals surface area contributed by atoms with Crippen molar-refractivity contribution in [3.8, 4) is 11.5 Å². The van der Waals surface area contributed by atoms with Crippen LogP contribution in [0.1, 0.15) is 18.0 Å². The number of hydrogen-bond donors (Lipinski definition) is 1. The molecule has 1 aliphatic rings. The summed E-state index contributed by atoms with van der Waals surface area (Å²) in [6, 6.07) is 5.82. The maximum absolute atomic E-state index is 5.93. The highest BCUT2D eigenvalue weighted by molar-refractivity contribution is 5.85. The van der Waals surface area contributed by atoms with Crippen molar-refractivity contribution in [2.45, 2.75) is 12.5 Å². The van der Waals surface area contributed by atoms with Crippen LogP contribution >= 0.6 is 12.4 Å². The number of rotatable bonds is 1. The van der Waals surface area contributed by atoms with Gasteiger partial charge in [-0.3, -0.25) is 0 Å². The second kappa shape index (κ2) is 4.53. The molecule has 1 atom stereocenters. The zero-order valence-electron chi connectivity index (χ0n) is 8.03. The molecule has 0 radical (unpaired) electrons. The van der Waals surface area contributed by atoms with Crippen molar-refractivity contribution in [2.75, 3.05) is 13.7 Å². The molecule has 1 heterocycles. The molecule has 0 saturated heterocycles. The molecular formula is C10H14ClNO2. The predicted octanol–water partition coefficient (Wildman–Crippen LogP) is 1.90. The maximum atomic E-state index is 5.93. The minimum atomic E-state index is 0. The largest absolute Gasteiger partial charge is 0.497 e. The first-order valence-electron chi connectivity index (χ1n) is 4.37. The quantitative estimate of drug-likeness (QED) is 0.778. The second-order valence-corrected chi connectivity index (χ2v) is 3.15. The third-order valence-corrected chi connectivity index (χ3v) is 2.30. The van der Waals surface area contributed by atoms with Crippen LogP contribution in [0.15, 0.2) is 18.2 Å². The molecule has 3 nitrogen and oxygen atoms in total. The molecule has 0 amide bonds. The smallest absolute Gasteiger partial charge is 0.124 e. The van der Waals surface area contributed by atoms with Crippen molar-refractivity contribution in [1.82, 2.24) is 0 Å². The van der Waals surface area contributed by atoms with Gasteiger partial charge in [0.25, 0.3) is 0 Å². The van der Waals surface area contributed by atoms with Crippen LogP contribution in [0.2, 0.25) is 0 Å². The summed E-state index contributed by atoms with van der Waals surface area (Å²) < 4.78 is 10.6. The number of nitrogens with two attached hydrogens (primary N) is 1. The lowest BCUT2D eigenvalue weighted by atomic mass is 10.0. The second-order valence-electron chi connectivity index (χ2n) is 3.15. The molecule has 4 heteroatoms. The van der Waals surface area contributed by atoms with Crippen LogP contribution in [-0.2, 0) is 0 Å². The first-order chi connectivity index (χ1) is 6.31. The number of halogens is 1. The molecule has 0 saturated carbocycles. The molecule has 78 valence electrons. The van der Waals surface area contributed by atoms with Crippen LogP contribution in [-0.4, -0.2) is 13.7 Å². The fourth-order valence-corrected chi connectivity index (χ4v) is 1.53. The first-order valence-corrected chi connectivity index (χ1v) is 4.37. The summed E-state index contributed by atoms with van der Waals surface area (Å²) in [6.07, 6.45) is 0.875.